The molecule has 0 bridgehead atoms. The number of hydrogen-bond acceptors (Lipinski definition) is 2. The molecular formula is C22H21NOS. The van der Waals surface area contributed by atoms with Gasteiger partial charge in [-0.05, 0) is 53.1 Å². The van der Waals surface area contributed by atoms with Crippen molar-refractivity contribution in [3.8, 4) is 11.1 Å². The zero-order chi connectivity index (χ0) is 17.6. The first-order valence-electron chi connectivity index (χ1n) is 8.39. The van der Waals surface area contributed by atoms with E-state index in [0.717, 1.165) is 28.1 Å². The molecule has 1 N–H and O–H groups in total. The van der Waals surface area contributed by atoms with Crippen molar-refractivity contribution in [2.24, 2.45) is 0 Å². The second-order valence-corrected chi connectivity index (χ2v) is 6.83. The van der Waals surface area contributed by atoms with Crippen LogP contribution in [0.4, 0.5) is 5.69 Å². The van der Waals surface area contributed by atoms with Crippen LogP contribution in [0.25, 0.3) is 17.2 Å². The first kappa shape index (κ1) is 17.2. The molecular weight excluding hydrogens is 326 g/mol. The van der Waals surface area contributed by atoms with Gasteiger partial charge in [-0.3, -0.25) is 4.79 Å². The molecule has 0 saturated heterocycles. The molecule has 0 saturated carbocycles. The van der Waals surface area contributed by atoms with Crippen molar-refractivity contribution in [2.75, 3.05) is 5.32 Å². The van der Waals surface area contributed by atoms with Crippen molar-refractivity contribution in [3.63, 3.8) is 0 Å². The van der Waals surface area contributed by atoms with Gasteiger partial charge in [-0.15, -0.1) is 11.3 Å². The molecule has 0 fully saturated rings. The second kappa shape index (κ2) is 7.95. The Bertz CT molecular complexity index is 893. The van der Waals surface area contributed by atoms with Crippen LogP contribution < -0.4 is 5.32 Å². The summed E-state index contributed by atoms with van der Waals surface area (Å²) in [4.78, 5) is 13.4. The molecule has 0 aliphatic rings. The number of aryl methyl sites for hydroxylation is 2. The van der Waals surface area contributed by atoms with Crippen LogP contribution >= 0.6 is 11.3 Å². The fourth-order valence-corrected chi connectivity index (χ4v) is 3.56. The van der Waals surface area contributed by atoms with Gasteiger partial charge < -0.3 is 5.32 Å². The van der Waals surface area contributed by atoms with E-state index in [1.165, 1.54) is 11.1 Å². The standard InChI is InChI=1S/C22H21NOS/c1-3-17-11-7-8-16(2)22(17)23-21(24)13-12-20-14-19(15-25-20)18-9-5-4-6-10-18/h4-15H,3H2,1-2H3,(H,23,24)/b13-12+. The SMILES string of the molecule is CCc1cccc(C)c1NC(=O)/C=C/c1cc(-c2ccccc2)cs1. The molecule has 3 aromatic rings. The Kier molecular flexibility index (Phi) is 5.46. The van der Waals surface area contributed by atoms with Gasteiger partial charge in [0.05, 0.1) is 0 Å². The predicted octanol–water partition coefficient (Wildman–Crippen LogP) is 5.94. The van der Waals surface area contributed by atoms with Crippen LogP contribution in [0, 0.1) is 6.92 Å². The minimum Gasteiger partial charge on any atom is -0.322 e. The average Bonchev–Trinajstić information content (AvgIpc) is 3.11. The van der Waals surface area contributed by atoms with E-state index < -0.39 is 0 Å². The maximum Gasteiger partial charge on any atom is 0.248 e. The molecule has 0 spiro atoms. The van der Waals surface area contributed by atoms with Crippen molar-refractivity contribution in [2.45, 2.75) is 20.3 Å². The Morgan fingerprint density at radius 3 is 2.64 bits per heavy atom. The molecule has 3 rings (SSSR count). The maximum atomic E-state index is 12.3. The second-order valence-electron chi connectivity index (χ2n) is 5.89. The van der Waals surface area contributed by atoms with Gasteiger partial charge in [0.1, 0.15) is 0 Å². The minimum atomic E-state index is -0.0985. The molecule has 25 heavy (non-hydrogen) atoms. The molecule has 1 amide bonds. The van der Waals surface area contributed by atoms with Gasteiger partial charge in [0.2, 0.25) is 5.91 Å². The molecule has 126 valence electrons. The number of nitrogens with one attached hydrogen (secondary N) is 1. The van der Waals surface area contributed by atoms with Crippen LogP contribution in [0.15, 0.2) is 66.1 Å². The van der Waals surface area contributed by atoms with Crippen molar-refractivity contribution >= 4 is 29.0 Å². The van der Waals surface area contributed by atoms with Crippen LogP contribution in [0.3, 0.4) is 0 Å². The number of para-hydroxylation sites is 1. The summed E-state index contributed by atoms with van der Waals surface area (Å²) in [6.07, 6.45) is 4.37. The highest BCUT2D eigenvalue weighted by molar-refractivity contribution is 7.11. The number of amides is 1. The third kappa shape index (κ3) is 4.25. The minimum absolute atomic E-state index is 0.0985. The summed E-state index contributed by atoms with van der Waals surface area (Å²) >= 11 is 1.64. The van der Waals surface area contributed by atoms with Gasteiger partial charge in [0.25, 0.3) is 0 Å². The van der Waals surface area contributed by atoms with Crippen LogP contribution in [0.5, 0.6) is 0 Å². The van der Waals surface area contributed by atoms with Gasteiger partial charge in [-0.1, -0.05) is 55.5 Å². The summed E-state index contributed by atoms with van der Waals surface area (Å²) in [6.45, 7) is 4.11. The molecule has 0 atom stereocenters. The van der Waals surface area contributed by atoms with E-state index in [0.29, 0.717) is 0 Å². The Morgan fingerprint density at radius 2 is 1.88 bits per heavy atom. The maximum absolute atomic E-state index is 12.3. The zero-order valence-corrected chi connectivity index (χ0v) is 15.3. The van der Waals surface area contributed by atoms with Gasteiger partial charge in [0.15, 0.2) is 0 Å². The molecule has 3 heteroatoms. The number of anilines is 1. The summed E-state index contributed by atoms with van der Waals surface area (Å²) in [7, 11) is 0. The lowest BCUT2D eigenvalue weighted by molar-refractivity contribution is -0.111. The normalized spacial score (nSPS) is 11.0. The number of thiophene rings is 1. The van der Waals surface area contributed by atoms with Crippen molar-refractivity contribution in [1.82, 2.24) is 0 Å². The van der Waals surface area contributed by atoms with Crippen molar-refractivity contribution in [3.05, 3.63) is 82.1 Å². The summed E-state index contributed by atoms with van der Waals surface area (Å²) in [5.74, 6) is -0.0985. The predicted molar refractivity (Wildman–Crippen MR) is 108 cm³/mol. The summed E-state index contributed by atoms with van der Waals surface area (Å²) in [5.41, 5.74) is 5.54. The van der Waals surface area contributed by atoms with E-state index in [-0.39, 0.29) is 5.91 Å². The first-order valence-corrected chi connectivity index (χ1v) is 9.27. The largest absolute Gasteiger partial charge is 0.322 e. The molecule has 1 aromatic heterocycles. The number of carbonyl (C=O) groups excluding carboxylic acids is 1. The highest BCUT2D eigenvalue weighted by Crippen LogP contribution is 2.26. The van der Waals surface area contributed by atoms with E-state index in [1.54, 1.807) is 17.4 Å². The Hall–Kier alpha value is -2.65. The Balaban J connectivity index is 1.71. The number of carbonyl (C=O) groups is 1. The van der Waals surface area contributed by atoms with Gasteiger partial charge in [-0.2, -0.15) is 0 Å². The van der Waals surface area contributed by atoms with E-state index in [2.05, 4.69) is 41.9 Å². The summed E-state index contributed by atoms with van der Waals surface area (Å²) in [6, 6.07) is 18.5. The van der Waals surface area contributed by atoms with E-state index >= 15 is 0 Å². The van der Waals surface area contributed by atoms with Crippen molar-refractivity contribution < 1.29 is 4.79 Å². The molecule has 0 aliphatic heterocycles. The Morgan fingerprint density at radius 1 is 1.08 bits per heavy atom. The molecule has 0 radical (unpaired) electrons. The fraction of sp³-hybridized carbons (Fsp3) is 0.136. The molecule has 2 nitrogen and oxygen atoms in total. The van der Waals surface area contributed by atoms with Gasteiger partial charge in [0, 0.05) is 16.6 Å². The van der Waals surface area contributed by atoms with E-state index in [9.17, 15) is 4.79 Å². The zero-order valence-electron chi connectivity index (χ0n) is 14.5. The lowest BCUT2D eigenvalue weighted by Gasteiger charge is -2.11. The molecule has 0 aliphatic carbocycles. The van der Waals surface area contributed by atoms with E-state index in [4.69, 9.17) is 0 Å². The highest BCUT2D eigenvalue weighted by Gasteiger charge is 2.06. The van der Waals surface area contributed by atoms with Crippen molar-refractivity contribution in [1.29, 1.82) is 0 Å². The monoisotopic (exact) mass is 347 g/mol. The summed E-state index contributed by atoms with van der Waals surface area (Å²) < 4.78 is 0. The average molecular weight is 347 g/mol. The van der Waals surface area contributed by atoms with Crippen LogP contribution in [-0.2, 0) is 11.2 Å². The number of benzene rings is 2. The third-order valence-electron chi connectivity index (χ3n) is 4.11. The quantitative estimate of drug-likeness (QED) is 0.569. The lowest BCUT2D eigenvalue weighted by Crippen LogP contribution is -2.10. The fourth-order valence-electron chi connectivity index (χ4n) is 2.75. The highest BCUT2D eigenvalue weighted by atomic mass is 32.1. The number of rotatable bonds is 5. The lowest BCUT2D eigenvalue weighted by atomic mass is 10.1. The third-order valence-corrected chi connectivity index (χ3v) is 5.01. The van der Waals surface area contributed by atoms with Gasteiger partial charge in [-0.25, -0.2) is 0 Å². The first-order chi connectivity index (χ1) is 12.2. The Labute approximate surface area is 152 Å². The molecule has 1 heterocycles. The topological polar surface area (TPSA) is 29.1 Å². The van der Waals surface area contributed by atoms with Crippen LogP contribution in [0.1, 0.15) is 22.9 Å². The van der Waals surface area contributed by atoms with Crippen LogP contribution in [-0.4, -0.2) is 5.91 Å². The van der Waals surface area contributed by atoms with Gasteiger partial charge >= 0.3 is 0 Å². The van der Waals surface area contributed by atoms with Crippen LogP contribution in [0.2, 0.25) is 0 Å². The molecule has 0 unspecified atom stereocenters. The molecule has 2 aromatic carbocycles. The summed E-state index contributed by atoms with van der Waals surface area (Å²) in [5, 5.41) is 5.13. The number of hydrogen-bond donors (Lipinski definition) is 1. The smallest absolute Gasteiger partial charge is 0.248 e. The van der Waals surface area contributed by atoms with E-state index in [1.807, 2.05) is 43.3 Å².